The summed E-state index contributed by atoms with van der Waals surface area (Å²) in [6.07, 6.45) is -1.70. The summed E-state index contributed by atoms with van der Waals surface area (Å²) in [6.45, 7) is 1.03. The number of aliphatic hydroxyl groups is 1. The average Bonchev–Trinajstić information content (AvgIpc) is 2.61. The van der Waals surface area contributed by atoms with E-state index in [0.717, 1.165) is 6.92 Å². The van der Waals surface area contributed by atoms with Crippen LogP contribution in [0, 0.1) is 0 Å². The van der Waals surface area contributed by atoms with Gasteiger partial charge >= 0.3 is 5.97 Å². The Hall–Kier alpha value is -2.38. The highest BCUT2D eigenvalue weighted by Gasteiger charge is 2.52. The monoisotopic (exact) mass is 364 g/mol. The molecule has 0 amide bonds. The van der Waals surface area contributed by atoms with E-state index in [1.54, 1.807) is 42.5 Å². The van der Waals surface area contributed by atoms with E-state index in [0.29, 0.717) is 11.3 Å². The minimum Gasteiger partial charge on any atom is -0.497 e. The molecule has 134 valence electrons. The zero-order valence-corrected chi connectivity index (χ0v) is 14.7. The number of carboxylic acids is 1. The Morgan fingerprint density at radius 2 is 1.68 bits per heavy atom. The normalized spacial score (nSPS) is 15.2. The lowest BCUT2D eigenvalue weighted by Crippen LogP contribution is -2.49. The Kier molecular flexibility index (Phi) is 5.49. The quantitative estimate of drug-likeness (QED) is 0.781. The molecular formula is C18H20O6S. The van der Waals surface area contributed by atoms with Crippen LogP contribution in [-0.4, -0.2) is 36.5 Å². The molecule has 0 aliphatic rings. The predicted molar refractivity (Wildman–Crippen MR) is 93.1 cm³/mol. The van der Waals surface area contributed by atoms with Crippen molar-refractivity contribution >= 4 is 15.8 Å². The Morgan fingerprint density at radius 3 is 2.16 bits per heavy atom. The molecule has 0 bridgehead atoms. The third kappa shape index (κ3) is 3.67. The number of ether oxygens (including phenoxy) is 1. The summed E-state index contributed by atoms with van der Waals surface area (Å²) < 4.78 is 28.4. The van der Waals surface area contributed by atoms with Crippen LogP contribution in [-0.2, 0) is 20.4 Å². The molecule has 0 saturated heterocycles. The molecule has 0 heterocycles. The fraction of sp³-hybridized carbons (Fsp3) is 0.278. The minimum absolute atomic E-state index is 0.228. The van der Waals surface area contributed by atoms with Gasteiger partial charge in [-0.25, -0.2) is 8.42 Å². The first-order valence-corrected chi connectivity index (χ1v) is 9.19. The van der Waals surface area contributed by atoms with Crippen LogP contribution in [0.3, 0.4) is 0 Å². The number of benzene rings is 2. The number of rotatable bonds is 7. The van der Waals surface area contributed by atoms with Gasteiger partial charge in [-0.2, -0.15) is 0 Å². The van der Waals surface area contributed by atoms with E-state index in [1.165, 1.54) is 19.2 Å². The SMILES string of the molecule is COc1ccc(CS(=O)(=O)C(C)(C(=O)O)C(O)c2ccccc2)cc1. The van der Waals surface area contributed by atoms with Gasteiger partial charge in [0.05, 0.1) is 12.9 Å². The van der Waals surface area contributed by atoms with Crippen LogP contribution in [0.25, 0.3) is 0 Å². The summed E-state index contributed by atoms with van der Waals surface area (Å²) in [5.41, 5.74) is 0.638. The van der Waals surface area contributed by atoms with Gasteiger partial charge in [0, 0.05) is 0 Å². The molecule has 2 rings (SSSR count). The molecule has 0 radical (unpaired) electrons. The van der Waals surface area contributed by atoms with Crippen LogP contribution in [0.2, 0.25) is 0 Å². The Morgan fingerprint density at radius 1 is 1.12 bits per heavy atom. The van der Waals surface area contributed by atoms with Crippen LogP contribution in [0.15, 0.2) is 54.6 Å². The molecule has 0 fully saturated rings. The second-order valence-electron chi connectivity index (χ2n) is 5.83. The van der Waals surface area contributed by atoms with E-state index in [9.17, 15) is 23.4 Å². The van der Waals surface area contributed by atoms with Crippen molar-refractivity contribution in [3.8, 4) is 5.75 Å². The fourth-order valence-corrected chi connectivity index (χ4v) is 4.14. The topological polar surface area (TPSA) is 101 Å². The predicted octanol–water partition coefficient (Wildman–Crippen LogP) is 2.19. The van der Waals surface area contributed by atoms with E-state index in [4.69, 9.17) is 4.74 Å². The number of carbonyl (C=O) groups is 1. The largest absolute Gasteiger partial charge is 0.497 e. The van der Waals surface area contributed by atoms with Gasteiger partial charge < -0.3 is 14.9 Å². The van der Waals surface area contributed by atoms with Crippen LogP contribution in [0.4, 0.5) is 0 Å². The van der Waals surface area contributed by atoms with Crippen molar-refractivity contribution in [1.82, 2.24) is 0 Å². The maximum atomic E-state index is 12.9. The summed E-state index contributed by atoms with van der Waals surface area (Å²) in [5.74, 6) is -1.55. The Bertz CT molecular complexity index is 830. The maximum Gasteiger partial charge on any atom is 0.327 e. The molecule has 2 N–H and O–H groups in total. The molecule has 0 saturated carbocycles. The standard InChI is InChI=1S/C18H20O6S/c1-18(17(20)21,16(19)14-6-4-3-5-7-14)25(22,23)12-13-8-10-15(24-2)11-9-13/h3-11,16,19H,12H2,1-2H3,(H,20,21). The molecule has 0 aliphatic heterocycles. The van der Waals surface area contributed by atoms with Crippen molar-refractivity contribution in [3.05, 3.63) is 65.7 Å². The van der Waals surface area contributed by atoms with Gasteiger partial charge in [-0.1, -0.05) is 42.5 Å². The number of hydrogen-bond acceptors (Lipinski definition) is 5. The minimum atomic E-state index is -4.23. The number of aliphatic carboxylic acids is 1. The summed E-state index contributed by atoms with van der Waals surface area (Å²) in [6, 6.07) is 14.2. The van der Waals surface area contributed by atoms with Crippen molar-refractivity contribution in [2.45, 2.75) is 23.5 Å². The van der Waals surface area contributed by atoms with Gasteiger partial charge in [-0.3, -0.25) is 4.79 Å². The molecule has 6 nitrogen and oxygen atoms in total. The van der Waals surface area contributed by atoms with E-state index >= 15 is 0 Å². The zero-order chi connectivity index (χ0) is 18.7. The highest BCUT2D eigenvalue weighted by atomic mass is 32.2. The number of carboxylic acid groups (broad SMARTS) is 1. The lowest BCUT2D eigenvalue weighted by molar-refractivity contribution is -0.142. The third-order valence-corrected chi connectivity index (χ3v) is 6.63. The Labute approximate surface area is 146 Å². The first-order valence-electron chi connectivity index (χ1n) is 7.54. The van der Waals surface area contributed by atoms with Crippen LogP contribution in [0.5, 0.6) is 5.75 Å². The van der Waals surface area contributed by atoms with Crippen molar-refractivity contribution in [1.29, 1.82) is 0 Å². The first-order chi connectivity index (χ1) is 11.7. The van der Waals surface area contributed by atoms with Crippen molar-refractivity contribution in [3.63, 3.8) is 0 Å². The molecular weight excluding hydrogens is 344 g/mol. The summed E-state index contributed by atoms with van der Waals surface area (Å²) in [4.78, 5) is 11.8. The Balaban J connectivity index is 2.41. The summed E-state index contributed by atoms with van der Waals surface area (Å²) in [5, 5.41) is 20.1. The van der Waals surface area contributed by atoms with E-state index in [2.05, 4.69) is 0 Å². The molecule has 25 heavy (non-hydrogen) atoms. The van der Waals surface area contributed by atoms with Gasteiger partial charge in [0.25, 0.3) is 0 Å². The fourth-order valence-electron chi connectivity index (χ4n) is 2.46. The number of hydrogen-bond donors (Lipinski definition) is 2. The molecule has 2 aromatic carbocycles. The molecule has 0 aromatic heterocycles. The first kappa shape index (κ1) is 19.0. The van der Waals surface area contributed by atoms with E-state index in [1.807, 2.05) is 0 Å². The average molecular weight is 364 g/mol. The molecule has 0 aliphatic carbocycles. The number of sulfone groups is 1. The number of aliphatic hydroxyl groups excluding tert-OH is 1. The van der Waals surface area contributed by atoms with Gasteiger partial charge in [0.15, 0.2) is 14.6 Å². The van der Waals surface area contributed by atoms with Gasteiger partial charge in [0.1, 0.15) is 11.9 Å². The molecule has 7 heteroatoms. The number of methoxy groups -OCH3 is 1. The lowest BCUT2D eigenvalue weighted by atomic mass is 9.97. The second kappa shape index (κ2) is 7.25. The van der Waals surface area contributed by atoms with E-state index in [-0.39, 0.29) is 5.56 Å². The van der Waals surface area contributed by atoms with Crippen LogP contribution < -0.4 is 4.74 Å². The maximum absolute atomic E-state index is 12.9. The second-order valence-corrected chi connectivity index (χ2v) is 8.20. The summed E-state index contributed by atoms with van der Waals surface area (Å²) in [7, 11) is -2.74. The molecule has 0 spiro atoms. The molecule has 2 atom stereocenters. The van der Waals surface area contributed by atoms with Gasteiger partial charge in [0.2, 0.25) is 0 Å². The third-order valence-electron chi connectivity index (χ3n) is 4.22. The lowest BCUT2D eigenvalue weighted by Gasteiger charge is -2.30. The highest BCUT2D eigenvalue weighted by Crippen LogP contribution is 2.35. The van der Waals surface area contributed by atoms with Crippen LogP contribution in [0.1, 0.15) is 24.2 Å². The molecule has 2 unspecified atom stereocenters. The van der Waals surface area contributed by atoms with Gasteiger partial charge in [-0.15, -0.1) is 0 Å². The summed E-state index contributed by atoms with van der Waals surface area (Å²) >= 11 is 0. The van der Waals surface area contributed by atoms with Crippen molar-refractivity contribution < 1.29 is 28.2 Å². The van der Waals surface area contributed by atoms with Gasteiger partial charge in [-0.05, 0) is 30.2 Å². The highest BCUT2D eigenvalue weighted by molar-refractivity contribution is 7.92. The zero-order valence-electron chi connectivity index (χ0n) is 13.9. The van der Waals surface area contributed by atoms with Crippen LogP contribution >= 0.6 is 0 Å². The van der Waals surface area contributed by atoms with Crippen molar-refractivity contribution in [2.75, 3.05) is 7.11 Å². The van der Waals surface area contributed by atoms with Crippen molar-refractivity contribution in [2.24, 2.45) is 0 Å². The smallest absolute Gasteiger partial charge is 0.327 e. The van der Waals surface area contributed by atoms with E-state index < -0.39 is 32.4 Å². The molecule has 2 aromatic rings.